The minimum atomic E-state index is -4.47. The second-order valence-corrected chi connectivity index (χ2v) is 8.30. The molecule has 38 heavy (non-hydrogen) atoms. The minimum absolute atomic E-state index is 0.0457. The number of halogens is 5. The third kappa shape index (κ3) is 7.42. The van der Waals surface area contributed by atoms with E-state index in [9.17, 15) is 27.2 Å². The van der Waals surface area contributed by atoms with E-state index in [1.54, 1.807) is 6.07 Å². The minimum Gasteiger partial charge on any atom is -0.354 e. The molecule has 0 aliphatic heterocycles. The Morgan fingerprint density at radius 3 is 2.50 bits per heavy atom. The second-order valence-electron chi connectivity index (χ2n) is 7.89. The molecule has 0 atom stereocenters. The average molecular weight is 551 g/mol. The number of anilines is 4. The van der Waals surface area contributed by atoms with E-state index in [1.807, 2.05) is 0 Å². The van der Waals surface area contributed by atoms with Gasteiger partial charge in [0.2, 0.25) is 11.9 Å². The predicted octanol–water partition coefficient (Wildman–Crippen LogP) is 5.41. The molecule has 3 rings (SSSR count). The Labute approximate surface area is 220 Å². The maximum atomic E-state index is 14.4. The lowest BCUT2D eigenvalue weighted by molar-refractivity contribution is -0.137. The van der Waals surface area contributed by atoms with Crippen molar-refractivity contribution in [2.24, 2.45) is 0 Å². The number of nitrogens with one attached hydrogen (secondary N) is 3. The highest BCUT2D eigenvalue weighted by Gasteiger charge is 2.30. The van der Waals surface area contributed by atoms with Crippen LogP contribution in [0.4, 0.5) is 40.7 Å². The first kappa shape index (κ1) is 28.4. The van der Waals surface area contributed by atoms with Crippen LogP contribution >= 0.6 is 11.6 Å². The normalized spacial score (nSPS) is 11.0. The number of rotatable bonds is 10. The molecule has 0 saturated heterocycles. The molecular weight excluding hydrogens is 528 g/mol. The number of likely N-dealkylation sites (N-methyl/N-ethyl adjacent to an activating group) is 1. The quantitative estimate of drug-likeness (QED) is 0.177. The fourth-order valence-corrected chi connectivity index (χ4v) is 3.43. The van der Waals surface area contributed by atoms with Crippen molar-refractivity contribution in [1.29, 1.82) is 0 Å². The Morgan fingerprint density at radius 2 is 1.84 bits per heavy atom. The highest BCUT2D eigenvalue weighted by molar-refractivity contribution is 6.31. The van der Waals surface area contributed by atoms with Crippen molar-refractivity contribution in [2.45, 2.75) is 12.6 Å². The van der Waals surface area contributed by atoms with Crippen molar-refractivity contribution in [3.63, 3.8) is 0 Å². The third-order valence-electron chi connectivity index (χ3n) is 5.20. The number of amides is 2. The highest BCUT2D eigenvalue weighted by atomic mass is 35.5. The van der Waals surface area contributed by atoms with E-state index in [2.05, 4.69) is 32.5 Å². The van der Waals surface area contributed by atoms with E-state index in [1.165, 1.54) is 25.4 Å². The summed E-state index contributed by atoms with van der Waals surface area (Å²) < 4.78 is 52.4. The number of benzene rings is 2. The zero-order valence-electron chi connectivity index (χ0n) is 20.1. The van der Waals surface area contributed by atoms with Gasteiger partial charge >= 0.3 is 6.18 Å². The molecule has 1 aromatic heterocycles. The summed E-state index contributed by atoms with van der Waals surface area (Å²) in [5.74, 6) is -1.12. The molecule has 3 N–H and O–H groups in total. The number of nitrogens with zero attached hydrogens (tertiary/aromatic N) is 3. The van der Waals surface area contributed by atoms with Crippen molar-refractivity contribution in [1.82, 2.24) is 15.3 Å². The Bertz CT molecular complexity index is 1320. The fourth-order valence-electron chi connectivity index (χ4n) is 3.21. The van der Waals surface area contributed by atoms with Crippen LogP contribution in [0.5, 0.6) is 0 Å². The van der Waals surface area contributed by atoms with Gasteiger partial charge in [0.05, 0.1) is 16.3 Å². The Kier molecular flexibility index (Phi) is 9.24. The van der Waals surface area contributed by atoms with Gasteiger partial charge in [-0.1, -0.05) is 18.2 Å². The molecule has 8 nitrogen and oxygen atoms in total. The Hall–Kier alpha value is -4.19. The summed E-state index contributed by atoms with van der Waals surface area (Å²) >= 11 is 5.99. The number of alkyl halides is 3. The lowest BCUT2D eigenvalue weighted by Gasteiger charge is -2.18. The summed E-state index contributed by atoms with van der Waals surface area (Å²) in [7, 11) is 1.39. The lowest BCUT2D eigenvalue weighted by Crippen LogP contribution is -2.26. The molecule has 0 fully saturated rings. The number of hydrogen-bond acceptors (Lipinski definition) is 6. The standard InChI is InChI=1S/C25H23ClF4N6O2/c1-3-21(37)36(2)19-14-17(13-18(26)22(19)27)34-20-9-12-33-24(35-20)32-11-4-10-31-23(38)15-5-7-16(8-6-15)25(28,29)30/h3,5-9,12-14H,1,4,10-11H2,2H3,(H,31,38)(H2,32,33,34,35). The number of carbonyl (C=O) groups excluding carboxylic acids is 2. The largest absolute Gasteiger partial charge is 0.416 e. The SMILES string of the molecule is C=CC(=O)N(C)c1cc(Nc2ccnc(NCCCNC(=O)c3ccc(C(F)(F)F)cc3)n2)cc(Cl)c1F. The Balaban J connectivity index is 1.52. The van der Waals surface area contributed by atoms with Crippen molar-refractivity contribution in [2.75, 3.05) is 35.7 Å². The van der Waals surface area contributed by atoms with E-state index >= 15 is 0 Å². The number of carbonyl (C=O) groups is 2. The van der Waals surface area contributed by atoms with Gasteiger partial charge in [0.1, 0.15) is 5.82 Å². The molecule has 3 aromatic rings. The van der Waals surface area contributed by atoms with Gasteiger partial charge in [0, 0.05) is 37.6 Å². The van der Waals surface area contributed by atoms with E-state index in [0.717, 1.165) is 35.2 Å². The van der Waals surface area contributed by atoms with Gasteiger partial charge in [-0.2, -0.15) is 18.2 Å². The number of hydrogen-bond donors (Lipinski definition) is 3. The van der Waals surface area contributed by atoms with Crippen LogP contribution in [-0.4, -0.2) is 41.9 Å². The average Bonchev–Trinajstić information content (AvgIpc) is 2.89. The molecule has 0 aliphatic carbocycles. The third-order valence-corrected chi connectivity index (χ3v) is 5.48. The van der Waals surface area contributed by atoms with Gasteiger partial charge in [-0.3, -0.25) is 9.59 Å². The van der Waals surface area contributed by atoms with Crippen molar-refractivity contribution in [3.05, 3.63) is 83.3 Å². The summed E-state index contributed by atoms with van der Waals surface area (Å²) in [4.78, 5) is 33.5. The van der Waals surface area contributed by atoms with Crippen LogP contribution in [0.2, 0.25) is 5.02 Å². The number of aromatic nitrogens is 2. The Morgan fingerprint density at radius 1 is 1.13 bits per heavy atom. The first-order valence-corrected chi connectivity index (χ1v) is 11.6. The molecule has 0 saturated carbocycles. The van der Waals surface area contributed by atoms with Crippen LogP contribution in [0.1, 0.15) is 22.3 Å². The molecule has 2 amide bonds. The monoisotopic (exact) mass is 550 g/mol. The summed E-state index contributed by atoms with van der Waals surface area (Å²) in [6.07, 6.45) is -1.44. The molecule has 1 heterocycles. The van der Waals surface area contributed by atoms with Crippen LogP contribution in [0, 0.1) is 5.82 Å². The van der Waals surface area contributed by atoms with Gasteiger partial charge in [-0.05, 0) is 55.0 Å². The van der Waals surface area contributed by atoms with Crippen LogP contribution in [-0.2, 0) is 11.0 Å². The van der Waals surface area contributed by atoms with Gasteiger partial charge in [-0.15, -0.1) is 0 Å². The van der Waals surface area contributed by atoms with Gasteiger partial charge in [0.25, 0.3) is 5.91 Å². The zero-order valence-corrected chi connectivity index (χ0v) is 20.8. The maximum absolute atomic E-state index is 14.4. The maximum Gasteiger partial charge on any atom is 0.416 e. The molecule has 0 aliphatic rings. The highest BCUT2D eigenvalue weighted by Crippen LogP contribution is 2.31. The molecular formula is C25H23ClF4N6O2. The van der Waals surface area contributed by atoms with Crippen molar-refractivity contribution in [3.8, 4) is 0 Å². The van der Waals surface area contributed by atoms with E-state index < -0.39 is 29.4 Å². The summed E-state index contributed by atoms with van der Waals surface area (Å²) in [6.45, 7) is 4.04. The molecule has 0 spiro atoms. The first-order chi connectivity index (χ1) is 18.0. The van der Waals surface area contributed by atoms with E-state index in [0.29, 0.717) is 24.5 Å². The lowest BCUT2D eigenvalue weighted by atomic mass is 10.1. The zero-order chi connectivity index (χ0) is 27.9. The van der Waals surface area contributed by atoms with Gasteiger partial charge in [0.15, 0.2) is 5.82 Å². The van der Waals surface area contributed by atoms with E-state index in [4.69, 9.17) is 11.6 Å². The molecule has 2 aromatic carbocycles. The van der Waals surface area contributed by atoms with Gasteiger partial charge < -0.3 is 20.9 Å². The molecule has 0 unspecified atom stereocenters. The first-order valence-electron chi connectivity index (χ1n) is 11.2. The molecule has 0 bridgehead atoms. The van der Waals surface area contributed by atoms with Crippen molar-refractivity contribution >= 4 is 46.6 Å². The van der Waals surface area contributed by atoms with Gasteiger partial charge in [-0.25, -0.2) is 9.37 Å². The predicted molar refractivity (Wildman–Crippen MR) is 137 cm³/mol. The van der Waals surface area contributed by atoms with Crippen LogP contribution in [0.15, 0.2) is 61.3 Å². The van der Waals surface area contributed by atoms with E-state index in [-0.39, 0.29) is 28.8 Å². The molecule has 13 heteroatoms. The van der Waals surface area contributed by atoms with Crippen LogP contribution in [0.3, 0.4) is 0 Å². The topological polar surface area (TPSA) is 99.3 Å². The second kappa shape index (κ2) is 12.4. The van der Waals surface area contributed by atoms with Crippen LogP contribution in [0.25, 0.3) is 0 Å². The fraction of sp³-hybridized carbons (Fsp3) is 0.200. The summed E-state index contributed by atoms with van der Waals surface area (Å²) in [5.41, 5.74) is -0.369. The summed E-state index contributed by atoms with van der Waals surface area (Å²) in [5, 5.41) is 8.41. The smallest absolute Gasteiger partial charge is 0.354 e. The van der Waals surface area contributed by atoms with Crippen LogP contribution < -0.4 is 20.9 Å². The molecule has 200 valence electrons. The molecule has 0 radical (unpaired) electrons. The van der Waals surface area contributed by atoms with Crippen molar-refractivity contribution < 1.29 is 27.2 Å². The summed E-state index contributed by atoms with van der Waals surface area (Å²) in [6, 6.07) is 8.28.